The molecule has 0 heterocycles. The van der Waals surface area contributed by atoms with E-state index in [2.05, 4.69) is 5.32 Å². The number of carbonyl (C=O) groups excluding carboxylic acids is 1. The Morgan fingerprint density at radius 3 is 2.25 bits per heavy atom. The van der Waals surface area contributed by atoms with E-state index in [0.717, 1.165) is 18.4 Å². The first-order valence-corrected chi connectivity index (χ1v) is 8.05. The molecule has 1 aliphatic rings. The number of primary sulfonamides is 1. The van der Waals surface area contributed by atoms with E-state index in [4.69, 9.17) is 10.9 Å². The van der Waals surface area contributed by atoms with Gasteiger partial charge in [0.15, 0.2) is 0 Å². The van der Waals surface area contributed by atoms with E-state index in [-0.39, 0.29) is 10.8 Å². The normalized spacial score (nSPS) is 17.9. The Kier molecular flexibility index (Phi) is 4.12. The fraction of sp³-hybridized carbons (Fsp3) is 0.462. The minimum Gasteiger partial charge on any atom is -0.350 e. The molecule has 0 spiro atoms. The van der Waals surface area contributed by atoms with Gasteiger partial charge >= 0.3 is 0 Å². The van der Waals surface area contributed by atoms with Crippen molar-refractivity contribution in [2.45, 2.75) is 42.7 Å². The van der Waals surface area contributed by atoms with E-state index >= 15 is 0 Å². The third-order valence-electron chi connectivity index (χ3n) is 3.65. The van der Waals surface area contributed by atoms with Gasteiger partial charge in [0.05, 0.1) is 10.4 Å². The molecule has 5 N–H and O–H groups in total. The van der Waals surface area contributed by atoms with Crippen molar-refractivity contribution in [3.63, 3.8) is 0 Å². The minimum atomic E-state index is -3.68. The van der Waals surface area contributed by atoms with Crippen molar-refractivity contribution in [2.24, 2.45) is 10.9 Å². The standard InChI is InChI=1S/C13H19N3O3S/c14-13(7-1-2-8-13)12(17)16-9-10-3-5-11(6-4-10)20(15,18)19/h3-6H,1-2,7-9,14H2,(H,16,17)(H2,15,18,19). The Morgan fingerprint density at radius 1 is 1.20 bits per heavy atom. The molecule has 0 saturated heterocycles. The van der Waals surface area contributed by atoms with Crippen LogP contribution in [0.4, 0.5) is 0 Å². The van der Waals surface area contributed by atoms with Crippen LogP contribution in [-0.2, 0) is 21.4 Å². The Labute approximate surface area is 118 Å². The van der Waals surface area contributed by atoms with Gasteiger partial charge in [-0.05, 0) is 30.5 Å². The van der Waals surface area contributed by atoms with Crippen LogP contribution in [0, 0.1) is 0 Å². The van der Waals surface area contributed by atoms with Gasteiger partial charge in [-0.2, -0.15) is 0 Å². The fourth-order valence-corrected chi connectivity index (χ4v) is 2.90. The third-order valence-corrected chi connectivity index (χ3v) is 4.58. The molecule has 0 unspecified atom stereocenters. The van der Waals surface area contributed by atoms with Gasteiger partial charge in [-0.1, -0.05) is 25.0 Å². The number of carbonyl (C=O) groups is 1. The second kappa shape index (κ2) is 5.51. The van der Waals surface area contributed by atoms with Crippen LogP contribution < -0.4 is 16.2 Å². The number of benzene rings is 1. The summed E-state index contributed by atoms with van der Waals surface area (Å²) in [6.45, 7) is 0.322. The summed E-state index contributed by atoms with van der Waals surface area (Å²) in [4.78, 5) is 12.1. The molecule has 0 atom stereocenters. The SMILES string of the molecule is NC1(C(=O)NCc2ccc(S(N)(=O)=O)cc2)CCCC1. The third kappa shape index (κ3) is 3.36. The highest BCUT2D eigenvalue weighted by Gasteiger charge is 2.36. The monoisotopic (exact) mass is 297 g/mol. The van der Waals surface area contributed by atoms with Crippen molar-refractivity contribution in [3.8, 4) is 0 Å². The van der Waals surface area contributed by atoms with Crippen LogP contribution >= 0.6 is 0 Å². The fourth-order valence-electron chi connectivity index (χ4n) is 2.39. The van der Waals surface area contributed by atoms with Crippen molar-refractivity contribution in [1.82, 2.24) is 5.32 Å². The molecule has 0 aliphatic heterocycles. The van der Waals surface area contributed by atoms with Gasteiger partial charge in [0.2, 0.25) is 15.9 Å². The van der Waals surface area contributed by atoms with Crippen molar-refractivity contribution < 1.29 is 13.2 Å². The molecule has 1 aromatic carbocycles. The second-order valence-electron chi connectivity index (χ2n) is 5.23. The zero-order valence-electron chi connectivity index (χ0n) is 11.1. The number of nitrogens with two attached hydrogens (primary N) is 2. The first-order chi connectivity index (χ1) is 9.31. The van der Waals surface area contributed by atoms with Crippen molar-refractivity contribution in [2.75, 3.05) is 0 Å². The van der Waals surface area contributed by atoms with E-state index in [0.29, 0.717) is 19.4 Å². The van der Waals surface area contributed by atoms with Gasteiger partial charge in [-0.15, -0.1) is 0 Å². The van der Waals surface area contributed by atoms with Crippen LogP contribution in [0.25, 0.3) is 0 Å². The first-order valence-electron chi connectivity index (χ1n) is 6.50. The lowest BCUT2D eigenvalue weighted by Crippen LogP contribution is -2.51. The topological polar surface area (TPSA) is 115 Å². The summed E-state index contributed by atoms with van der Waals surface area (Å²) in [5.41, 5.74) is 6.09. The Bertz CT molecular complexity index is 590. The number of amides is 1. The van der Waals surface area contributed by atoms with Crippen molar-refractivity contribution in [1.29, 1.82) is 0 Å². The van der Waals surface area contributed by atoms with Gasteiger partial charge < -0.3 is 11.1 Å². The molecule has 1 amide bonds. The number of hydrogen-bond donors (Lipinski definition) is 3. The van der Waals surface area contributed by atoms with Crippen LogP contribution in [0.2, 0.25) is 0 Å². The summed E-state index contributed by atoms with van der Waals surface area (Å²) in [6.07, 6.45) is 3.38. The Hall–Kier alpha value is -1.44. The Balaban J connectivity index is 1.96. The van der Waals surface area contributed by atoms with E-state index in [9.17, 15) is 13.2 Å². The number of hydrogen-bond acceptors (Lipinski definition) is 4. The lowest BCUT2D eigenvalue weighted by atomic mass is 9.98. The average molecular weight is 297 g/mol. The summed E-state index contributed by atoms with van der Waals surface area (Å²) in [5.74, 6) is -0.148. The zero-order chi connectivity index (χ0) is 14.8. The van der Waals surface area contributed by atoms with Gasteiger partial charge in [-0.25, -0.2) is 13.6 Å². The lowest BCUT2D eigenvalue weighted by molar-refractivity contribution is -0.126. The molecule has 1 aromatic rings. The molecule has 110 valence electrons. The van der Waals surface area contributed by atoms with Crippen LogP contribution in [0.1, 0.15) is 31.2 Å². The van der Waals surface area contributed by atoms with Crippen LogP contribution in [0.5, 0.6) is 0 Å². The van der Waals surface area contributed by atoms with Gasteiger partial charge in [0.1, 0.15) is 0 Å². The molecule has 0 bridgehead atoms. The molecule has 1 aliphatic carbocycles. The van der Waals surface area contributed by atoms with Gasteiger partial charge in [0.25, 0.3) is 0 Å². The maximum Gasteiger partial charge on any atom is 0.240 e. The summed E-state index contributed by atoms with van der Waals surface area (Å²) in [7, 11) is -3.68. The molecule has 1 saturated carbocycles. The number of rotatable bonds is 4. The second-order valence-corrected chi connectivity index (χ2v) is 6.80. The molecule has 2 rings (SSSR count). The summed E-state index contributed by atoms with van der Waals surface area (Å²) in [6, 6.07) is 6.09. The van der Waals surface area contributed by atoms with E-state index < -0.39 is 15.6 Å². The van der Waals surface area contributed by atoms with E-state index in [1.807, 2.05) is 0 Å². The van der Waals surface area contributed by atoms with Crippen LogP contribution in [0.15, 0.2) is 29.2 Å². The molecular formula is C13H19N3O3S. The van der Waals surface area contributed by atoms with Gasteiger partial charge in [-0.3, -0.25) is 4.79 Å². The van der Waals surface area contributed by atoms with Crippen molar-refractivity contribution >= 4 is 15.9 Å². The van der Waals surface area contributed by atoms with Gasteiger partial charge in [0, 0.05) is 6.54 Å². The number of nitrogens with one attached hydrogen (secondary N) is 1. The van der Waals surface area contributed by atoms with E-state index in [1.165, 1.54) is 12.1 Å². The molecular weight excluding hydrogens is 278 g/mol. The summed E-state index contributed by atoms with van der Waals surface area (Å²) < 4.78 is 22.2. The summed E-state index contributed by atoms with van der Waals surface area (Å²) in [5, 5.41) is 7.81. The maximum atomic E-state index is 12.0. The molecule has 1 fully saturated rings. The molecule has 7 heteroatoms. The number of sulfonamides is 1. The molecule has 20 heavy (non-hydrogen) atoms. The lowest BCUT2D eigenvalue weighted by Gasteiger charge is -2.22. The average Bonchev–Trinajstić information content (AvgIpc) is 2.84. The van der Waals surface area contributed by atoms with Crippen molar-refractivity contribution in [3.05, 3.63) is 29.8 Å². The zero-order valence-corrected chi connectivity index (χ0v) is 11.9. The largest absolute Gasteiger partial charge is 0.350 e. The maximum absolute atomic E-state index is 12.0. The first kappa shape index (κ1) is 15.0. The highest BCUT2D eigenvalue weighted by atomic mass is 32.2. The van der Waals surface area contributed by atoms with Crippen LogP contribution in [-0.4, -0.2) is 19.9 Å². The molecule has 0 radical (unpaired) electrons. The quantitative estimate of drug-likeness (QED) is 0.737. The highest BCUT2D eigenvalue weighted by molar-refractivity contribution is 7.89. The molecule has 6 nitrogen and oxygen atoms in total. The molecule has 0 aromatic heterocycles. The predicted molar refractivity (Wildman–Crippen MR) is 75.0 cm³/mol. The predicted octanol–water partition coefficient (Wildman–Crippen LogP) is 0.222. The summed E-state index contributed by atoms with van der Waals surface area (Å²) >= 11 is 0. The minimum absolute atomic E-state index is 0.0543. The van der Waals surface area contributed by atoms with Crippen LogP contribution in [0.3, 0.4) is 0 Å². The highest BCUT2D eigenvalue weighted by Crippen LogP contribution is 2.27. The smallest absolute Gasteiger partial charge is 0.240 e. The Morgan fingerprint density at radius 2 is 1.75 bits per heavy atom. The van der Waals surface area contributed by atoms with E-state index in [1.54, 1.807) is 12.1 Å².